The number of thiophene rings is 1. The minimum absolute atomic E-state index is 0.169. The molecule has 4 aromatic rings. The number of aryl methyl sites for hydroxylation is 1. The Kier molecular flexibility index (Phi) is 8.06. The van der Waals surface area contributed by atoms with Crippen molar-refractivity contribution in [1.82, 2.24) is 10.2 Å². The minimum Gasteiger partial charge on any atom is -0.350 e. The Morgan fingerprint density at radius 3 is 2.26 bits per heavy atom. The number of benzene rings is 3. The van der Waals surface area contributed by atoms with Crippen LogP contribution in [0.2, 0.25) is 0 Å². The van der Waals surface area contributed by atoms with Crippen molar-refractivity contribution in [3.63, 3.8) is 0 Å². The van der Waals surface area contributed by atoms with Gasteiger partial charge in [-0.1, -0.05) is 78.4 Å². The van der Waals surface area contributed by atoms with E-state index in [1.54, 1.807) is 17.0 Å². The van der Waals surface area contributed by atoms with Crippen molar-refractivity contribution in [1.29, 1.82) is 0 Å². The van der Waals surface area contributed by atoms with Gasteiger partial charge in [-0.25, -0.2) is 4.39 Å². The van der Waals surface area contributed by atoms with E-state index in [0.29, 0.717) is 12.1 Å². The number of carbonyl (C=O) groups is 2. The number of hydrogen-bond acceptors (Lipinski definition) is 3. The zero-order valence-electron chi connectivity index (χ0n) is 19.5. The zero-order chi connectivity index (χ0) is 24.6. The van der Waals surface area contributed by atoms with E-state index in [1.807, 2.05) is 79.0 Å². The Morgan fingerprint density at radius 1 is 0.886 bits per heavy atom. The molecule has 6 heteroatoms. The Morgan fingerprint density at radius 2 is 1.60 bits per heavy atom. The lowest BCUT2D eigenvalue weighted by molar-refractivity contribution is -0.141. The van der Waals surface area contributed by atoms with Crippen LogP contribution in [0, 0.1) is 12.7 Å². The third kappa shape index (κ3) is 6.64. The van der Waals surface area contributed by atoms with Gasteiger partial charge >= 0.3 is 0 Å². The van der Waals surface area contributed by atoms with E-state index in [0.717, 1.165) is 21.6 Å². The quantitative estimate of drug-likeness (QED) is 0.324. The summed E-state index contributed by atoms with van der Waals surface area (Å²) in [7, 11) is 0. The first-order valence-electron chi connectivity index (χ1n) is 11.4. The van der Waals surface area contributed by atoms with E-state index in [4.69, 9.17) is 0 Å². The highest BCUT2D eigenvalue weighted by Gasteiger charge is 2.31. The molecule has 0 aliphatic rings. The van der Waals surface area contributed by atoms with Crippen LogP contribution in [-0.4, -0.2) is 16.7 Å². The van der Waals surface area contributed by atoms with E-state index in [9.17, 15) is 14.0 Å². The number of rotatable bonds is 9. The van der Waals surface area contributed by atoms with Crippen molar-refractivity contribution >= 4 is 23.2 Å². The van der Waals surface area contributed by atoms with Crippen LogP contribution in [0.1, 0.15) is 33.2 Å². The molecule has 0 saturated carbocycles. The molecule has 35 heavy (non-hydrogen) atoms. The fraction of sp³-hybridized carbons (Fsp3) is 0.172. The summed E-state index contributed by atoms with van der Waals surface area (Å²) >= 11 is 1.50. The molecule has 0 saturated heterocycles. The highest BCUT2D eigenvalue weighted by molar-refractivity contribution is 7.10. The van der Waals surface area contributed by atoms with Crippen molar-refractivity contribution in [3.8, 4) is 0 Å². The zero-order valence-corrected chi connectivity index (χ0v) is 20.3. The summed E-state index contributed by atoms with van der Waals surface area (Å²) in [5.41, 5.74) is 3.54. The van der Waals surface area contributed by atoms with Crippen LogP contribution in [0.25, 0.3) is 0 Å². The number of nitrogens with one attached hydrogen (secondary N) is 1. The lowest BCUT2D eigenvalue weighted by atomic mass is 10.0. The number of nitrogens with zero attached hydrogens (tertiary/aromatic N) is 1. The van der Waals surface area contributed by atoms with E-state index in [-0.39, 0.29) is 24.8 Å². The fourth-order valence-electron chi connectivity index (χ4n) is 3.88. The van der Waals surface area contributed by atoms with Gasteiger partial charge in [0.05, 0.1) is 6.42 Å². The van der Waals surface area contributed by atoms with Gasteiger partial charge in [0.25, 0.3) is 0 Å². The smallest absolute Gasteiger partial charge is 0.247 e. The summed E-state index contributed by atoms with van der Waals surface area (Å²) < 4.78 is 13.7. The molecule has 0 bridgehead atoms. The van der Waals surface area contributed by atoms with Crippen molar-refractivity contribution < 1.29 is 14.0 Å². The monoisotopic (exact) mass is 486 g/mol. The lowest BCUT2D eigenvalue weighted by Crippen LogP contribution is -2.43. The van der Waals surface area contributed by atoms with Gasteiger partial charge in [-0.3, -0.25) is 9.59 Å². The highest BCUT2D eigenvalue weighted by Crippen LogP contribution is 2.26. The van der Waals surface area contributed by atoms with E-state index in [1.165, 1.54) is 23.5 Å². The molecule has 178 valence electrons. The summed E-state index contributed by atoms with van der Waals surface area (Å²) in [5, 5.41) is 4.90. The predicted molar refractivity (Wildman–Crippen MR) is 137 cm³/mol. The molecule has 0 spiro atoms. The number of carbonyl (C=O) groups excluding carboxylic acids is 2. The van der Waals surface area contributed by atoms with Crippen LogP contribution in [0.4, 0.5) is 4.39 Å². The summed E-state index contributed by atoms with van der Waals surface area (Å²) in [6, 6.07) is 26.2. The highest BCUT2D eigenvalue weighted by atomic mass is 32.1. The summed E-state index contributed by atoms with van der Waals surface area (Å²) in [5.74, 6) is -0.878. The molecule has 0 aliphatic carbocycles. The summed E-state index contributed by atoms with van der Waals surface area (Å²) in [6.45, 7) is 2.59. The Balaban J connectivity index is 1.68. The molecule has 0 radical (unpaired) electrons. The molecular formula is C29H27FN2O2S. The fourth-order valence-corrected chi connectivity index (χ4v) is 4.57. The maximum absolute atomic E-state index is 13.7. The summed E-state index contributed by atoms with van der Waals surface area (Å²) in [4.78, 5) is 29.7. The third-order valence-electron chi connectivity index (χ3n) is 5.75. The molecule has 0 unspecified atom stereocenters. The second kappa shape index (κ2) is 11.6. The maximum Gasteiger partial charge on any atom is 0.247 e. The van der Waals surface area contributed by atoms with Gasteiger partial charge in [0, 0.05) is 18.0 Å². The van der Waals surface area contributed by atoms with E-state index < -0.39 is 11.9 Å². The Labute approximate surface area is 209 Å². The van der Waals surface area contributed by atoms with Gasteiger partial charge in [-0.15, -0.1) is 11.3 Å². The van der Waals surface area contributed by atoms with Crippen molar-refractivity contribution in [2.75, 3.05) is 0 Å². The molecular weight excluding hydrogens is 459 g/mol. The standard InChI is InChI=1S/C29H27FN2O2S/c1-21-9-11-23(12-10-21)20-32(27(33)18-26-8-5-17-35-26)28(24-13-15-25(30)16-14-24)29(34)31-19-22-6-3-2-4-7-22/h2-17,28H,18-20H2,1H3,(H,31,34)/t28-/m1/s1. The molecule has 3 aromatic carbocycles. The molecule has 0 aliphatic heterocycles. The third-order valence-corrected chi connectivity index (χ3v) is 6.63. The van der Waals surface area contributed by atoms with Crippen LogP contribution in [0.3, 0.4) is 0 Å². The van der Waals surface area contributed by atoms with Crippen LogP contribution < -0.4 is 5.32 Å². The maximum atomic E-state index is 13.7. The molecule has 1 atom stereocenters. The molecule has 2 amide bonds. The molecule has 0 fully saturated rings. The molecule has 4 nitrogen and oxygen atoms in total. The number of hydrogen-bond donors (Lipinski definition) is 1. The second-order valence-electron chi connectivity index (χ2n) is 8.42. The average Bonchev–Trinajstić information content (AvgIpc) is 3.38. The lowest BCUT2D eigenvalue weighted by Gasteiger charge is -2.32. The van der Waals surface area contributed by atoms with Crippen molar-refractivity contribution in [3.05, 3.63) is 129 Å². The first-order chi connectivity index (χ1) is 17.0. The second-order valence-corrected chi connectivity index (χ2v) is 9.45. The van der Waals surface area contributed by atoms with Crippen molar-refractivity contribution in [2.24, 2.45) is 0 Å². The van der Waals surface area contributed by atoms with Crippen LogP contribution in [0.15, 0.2) is 96.4 Å². The van der Waals surface area contributed by atoms with Crippen LogP contribution in [0.5, 0.6) is 0 Å². The van der Waals surface area contributed by atoms with Gasteiger partial charge in [0.1, 0.15) is 11.9 Å². The Bertz CT molecular complexity index is 1240. The summed E-state index contributed by atoms with van der Waals surface area (Å²) in [6.07, 6.45) is 0.188. The normalized spacial score (nSPS) is 11.6. The molecule has 1 aromatic heterocycles. The topological polar surface area (TPSA) is 49.4 Å². The molecule has 1 N–H and O–H groups in total. The van der Waals surface area contributed by atoms with Crippen LogP contribution >= 0.6 is 11.3 Å². The van der Waals surface area contributed by atoms with Crippen molar-refractivity contribution in [2.45, 2.75) is 32.5 Å². The van der Waals surface area contributed by atoms with E-state index in [2.05, 4.69) is 5.32 Å². The van der Waals surface area contributed by atoms with Crippen LogP contribution in [-0.2, 0) is 29.1 Å². The first-order valence-corrected chi connectivity index (χ1v) is 12.3. The number of halogens is 1. The SMILES string of the molecule is Cc1ccc(CN(C(=O)Cc2cccs2)[C@@H](C(=O)NCc2ccccc2)c2ccc(F)cc2)cc1. The number of amides is 2. The van der Waals surface area contributed by atoms with Gasteiger partial charge in [0.15, 0.2) is 0 Å². The predicted octanol–water partition coefficient (Wildman–Crippen LogP) is 5.82. The van der Waals surface area contributed by atoms with E-state index >= 15 is 0 Å². The van der Waals surface area contributed by atoms with Gasteiger partial charge in [-0.05, 0) is 47.2 Å². The Hall–Kier alpha value is -3.77. The van der Waals surface area contributed by atoms with Gasteiger partial charge in [-0.2, -0.15) is 0 Å². The molecule has 4 rings (SSSR count). The van der Waals surface area contributed by atoms with Gasteiger partial charge < -0.3 is 10.2 Å². The molecule has 1 heterocycles. The van der Waals surface area contributed by atoms with Gasteiger partial charge in [0.2, 0.25) is 11.8 Å². The minimum atomic E-state index is -0.909. The average molecular weight is 487 g/mol. The largest absolute Gasteiger partial charge is 0.350 e. The first kappa shape index (κ1) is 24.4.